The van der Waals surface area contributed by atoms with Crippen LogP contribution in [0, 0.1) is 0 Å². The molecule has 1 aromatic rings. The Morgan fingerprint density at radius 3 is 2.56 bits per heavy atom. The van der Waals surface area contributed by atoms with Gasteiger partial charge in [0.05, 0.1) is 0 Å². The number of hydrogen-bond donors (Lipinski definition) is 1. The van der Waals surface area contributed by atoms with Crippen molar-refractivity contribution in [3.63, 3.8) is 0 Å². The van der Waals surface area contributed by atoms with Gasteiger partial charge in [0.2, 0.25) is 0 Å². The first-order chi connectivity index (χ1) is 11.9. The summed E-state index contributed by atoms with van der Waals surface area (Å²) in [7, 11) is 0. The minimum Gasteiger partial charge on any atom is -0.486 e. The molecule has 2 aliphatic rings. The Hall–Kier alpha value is -1.95. The normalized spacial score (nSPS) is 17.9. The molecule has 1 saturated heterocycles. The molecule has 0 aliphatic carbocycles. The van der Waals surface area contributed by atoms with Gasteiger partial charge in [-0.15, -0.1) is 0 Å². The number of hydrogen-bond acceptors (Lipinski definition) is 5. The van der Waals surface area contributed by atoms with Gasteiger partial charge in [0.15, 0.2) is 11.5 Å². The summed E-state index contributed by atoms with van der Waals surface area (Å²) in [5, 5.41) is 3.34. The fourth-order valence-corrected chi connectivity index (χ4v) is 3.43. The van der Waals surface area contributed by atoms with Gasteiger partial charge in [0.25, 0.3) is 0 Å². The Kier molecular flexibility index (Phi) is 5.37. The van der Waals surface area contributed by atoms with E-state index in [4.69, 9.17) is 14.2 Å². The van der Waals surface area contributed by atoms with Gasteiger partial charge in [-0.3, -0.25) is 0 Å². The molecule has 0 spiro atoms. The second kappa shape index (κ2) is 7.52. The fraction of sp³-hybridized carbons (Fsp3) is 0.632. The highest BCUT2D eigenvalue weighted by molar-refractivity contribution is 5.69. The zero-order valence-corrected chi connectivity index (χ0v) is 15.3. The van der Waals surface area contributed by atoms with Crippen LogP contribution >= 0.6 is 0 Å². The van der Waals surface area contributed by atoms with E-state index in [0.29, 0.717) is 19.0 Å². The molecule has 0 radical (unpaired) electrons. The summed E-state index contributed by atoms with van der Waals surface area (Å²) < 4.78 is 16.7. The van der Waals surface area contributed by atoms with Crippen molar-refractivity contribution in [1.29, 1.82) is 0 Å². The summed E-state index contributed by atoms with van der Waals surface area (Å²) in [6.45, 7) is 9.38. The van der Waals surface area contributed by atoms with Crippen LogP contribution < -0.4 is 14.8 Å². The average Bonchev–Trinajstić information content (AvgIpc) is 2.59. The van der Waals surface area contributed by atoms with Crippen LogP contribution in [-0.2, 0) is 11.3 Å². The molecule has 138 valence electrons. The third kappa shape index (κ3) is 4.37. The van der Waals surface area contributed by atoms with E-state index in [0.717, 1.165) is 37.2 Å². The third-order valence-electron chi connectivity index (χ3n) is 4.56. The highest BCUT2D eigenvalue weighted by Crippen LogP contribution is 2.31. The summed E-state index contributed by atoms with van der Waals surface area (Å²) in [4.78, 5) is 14.7. The smallest absolute Gasteiger partial charge is 0.410 e. The van der Waals surface area contributed by atoms with Crippen LogP contribution in [0.4, 0.5) is 4.79 Å². The Labute approximate surface area is 149 Å². The molecule has 1 amide bonds. The van der Waals surface area contributed by atoms with Gasteiger partial charge in [-0.25, -0.2) is 4.79 Å². The maximum Gasteiger partial charge on any atom is 0.410 e. The first kappa shape index (κ1) is 17.9. The number of rotatable bonds is 3. The van der Waals surface area contributed by atoms with Crippen molar-refractivity contribution in [3.8, 4) is 11.5 Å². The number of nitrogens with zero attached hydrogens (tertiary/aromatic N) is 1. The van der Waals surface area contributed by atoms with Gasteiger partial charge >= 0.3 is 6.09 Å². The quantitative estimate of drug-likeness (QED) is 0.910. The van der Waals surface area contributed by atoms with Gasteiger partial charge in [0, 0.05) is 11.6 Å². The van der Waals surface area contributed by atoms with E-state index in [9.17, 15) is 4.79 Å². The first-order valence-corrected chi connectivity index (χ1v) is 9.00. The molecule has 6 nitrogen and oxygen atoms in total. The molecule has 25 heavy (non-hydrogen) atoms. The van der Waals surface area contributed by atoms with Crippen LogP contribution in [0.3, 0.4) is 0 Å². The number of piperidine rings is 1. The lowest BCUT2D eigenvalue weighted by atomic mass is 9.98. The lowest BCUT2D eigenvalue weighted by Gasteiger charge is -2.42. The van der Waals surface area contributed by atoms with Crippen LogP contribution in [0.25, 0.3) is 0 Å². The predicted octanol–water partition coefficient (Wildman–Crippen LogP) is 2.95. The maximum atomic E-state index is 12.8. The van der Waals surface area contributed by atoms with E-state index in [1.807, 2.05) is 23.1 Å². The largest absolute Gasteiger partial charge is 0.486 e. The molecule has 1 aromatic carbocycles. The van der Waals surface area contributed by atoms with Crippen molar-refractivity contribution in [2.45, 2.75) is 51.8 Å². The number of carbonyl (C=O) groups is 1. The molecule has 2 aliphatic heterocycles. The summed E-state index contributed by atoms with van der Waals surface area (Å²) in [5.41, 5.74) is 0.628. The number of carbonyl (C=O) groups excluding carboxylic acids is 1. The zero-order valence-electron chi connectivity index (χ0n) is 15.3. The van der Waals surface area contributed by atoms with E-state index in [1.165, 1.54) is 0 Å². The molecule has 1 N–H and O–H groups in total. The second-order valence-corrected chi connectivity index (χ2v) is 7.55. The molecular formula is C19H28N2O4. The van der Waals surface area contributed by atoms with Crippen LogP contribution in [0.2, 0.25) is 0 Å². The zero-order chi connectivity index (χ0) is 17.9. The molecule has 0 aromatic heterocycles. The van der Waals surface area contributed by atoms with Gasteiger partial charge < -0.3 is 24.4 Å². The summed E-state index contributed by atoms with van der Waals surface area (Å²) in [6.07, 6.45) is 1.65. The number of ether oxygens (including phenoxy) is 3. The van der Waals surface area contributed by atoms with E-state index >= 15 is 0 Å². The van der Waals surface area contributed by atoms with Crippen LogP contribution in [0.1, 0.15) is 39.2 Å². The lowest BCUT2D eigenvalue weighted by Crippen LogP contribution is -2.54. The predicted molar refractivity (Wildman–Crippen MR) is 95.1 cm³/mol. The van der Waals surface area contributed by atoms with Crippen molar-refractivity contribution in [3.05, 3.63) is 23.8 Å². The minimum absolute atomic E-state index is 0.217. The molecule has 0 atom stereocenters. The van der Waals surface area contributed by atoms with Gasteiger partial charge in [-0.05, 0) is 64.4 Å². The fourth-order valence-electron chi connectivity index (χ4n) is 3.43. The molecule has 6 heteroatoms. The van der Waals surface area contributed by atoms with Gasteiger partial charge in [-0.2, -0.15) is 0 Å². The average molecular weight is 348 g/mol. The van der Waals surface area contributed by atoms with Gasteiger partial charge in [0.1, 0.15) is 19.8 Å². The molecular weight excluding hydrogens is 320 g/mol. The Balaban J connectivity index is 1.65. The molecule has 0 unspecified atom stereocenters. The topological polar surface area (TPSA) is 60.0 Å². The molecule has 0 saturated carbocycles. The standard InChI is InChI=1S/C19H28N2O4/c1-19(2,3)21(15-6-8-20-9-7-15)18(22)25-13-14-4-5-16-17(12-14)24-11-10-23-16/h4-5,12,15,20H,6-11,13H2,1-3H3. The van der Waals surface area contributed by atoms with E-state index in [1.54, 1.807) is 0 Å². The minimum atomic E-state index is -0.272. The van der Waals surface area contributed by atoms with Crippen molar-refractivity contribution >= 4 is 6.09 Å². The van der Waals surface area contributed by atoms with Crippen LogP contribution in [-0.4, -0.2) is 48.9 Å². The molecule has 1 fully saturated rings. The second-order valence-electron chi connectivity index (χ2n) is 7.55. The van der Waals surface area contributed by atoms with E-state index < -0.39 is 0 Å². The number of nitrogens with one attached hydrogen (secondary N) is 1. The molecule has 2 heterocycles. The SMILES string of the molecule is CC(C)(C)N(C(=O)OCc1ccc2c(c1)OCCO2)C1CCNCC1. The van der Waals surface area contributed by atoms with Crippen molar-refractivity contribution < 1.29 is 19.0 Å². The van der Waals surface area contributed by atoms with Crippen molar-refractivity contribution in [1.82, 2.24) is 10.2 Å². The van der Waals surface area contributed by atoms with Crippen LogP contribution in [0.15, 0.2) is 18.2 Å². The van der Waals surface area contributed by atoms with E-state index in [2.05, 4.69) is 26.1 Å². The number of fused-ring (bicyclic) bond motifs is 1. The Morgan fingerprint density at radius 2 is 1.88 bits per heavy atom. The summed E-state index contributed by atoms with van der Waals surface area (Å²) in [6, 6.07) is 5.88. The summed E-state index contributed by atoms with van der Waals surface area (Å²) >= 11 is 0. The highest BCUT2D eigenvalue weighted by atomic mass is 16.6. The van der Waals surface area contributed by atoms with E-state index in [-0.39, 0.29) is 24.3 Å². The number of amides is 1. The van der Waals surface area contributed by atoms with Crippen molar-refractivity contribution in [2.75, 3.05) is 26.3 Å². The Morgan fingerprint density at radius 1 is 1.20 bits per heavy atom. The third-order valence-corrected chi connectivity index (χ3v) is 4.56. The van der Waals surface area contributed by atoms with Gasteiger partial charge in [-0.1, -0.05) is 6.07 Å². The first-order valence-electron chi connectivity index (χ1n) is 9.00. The van der Waals surface area contributed by atoms with Crippen LogP contribution in [0.5, 0.6) is 11.5 Å². The maximum absolute atomic E-state index is 12.8. The molecule has 3 rings (SSSR count). The monoisotopic (exact) mass is 348 g/mol. The highest BCUT2D eigenvalue weighted by Gasteiger charge is 2.35. The Bertz CT molecular complexity index is 606. The number of benzene rings is 1. The van der Waals surface area contributed by atoms with Crippen molar-refractivity contribution in [2.24, 2.45) is 0 Å². The lowest BCUT2D eigenvalue weighted by molar-refractivity contribution is 0.0317. The molecule has 0 bridgehead atoms. The summed E-state index contributed by atoms with van der Waals surface area (Å²) in [5.74, 6) is 1.46.